The Bertz CT molecular complexity index is 431. The molecule has 60 valence electrons. The van der Waals surface area contributed by atoms with Crippen LogP contribution in [0.2, 0.25) is 0 Å². The van der Waals surface area contributed by atoms with Gasteiger partial charge in [0, 0.05) is 6.20 Å². The number of fused-ring (bicyclic) bond motifs is 1. The van der Waals surface area contributed by atoms with Crippen LogP contribution in [0.3, 0.4) is 0 Å². The van der Waals surface area contributed by atoms with E-state index in [1.54, 1.807) is 0 Å². The molecule has 3 heteroatoms. The van der Waals surface area contributed by atoms with Crippen molar-refractivity contribution < 1.29 is 0 Å². The van der Waals surface area contributed by atoms with Crippen LogP contribution in [0.4, 0.5) is 0 Å². The highest BCUT2D eigenvalue weighted by Gasteiger charge is 1.99. The zero-order chi connectivity index (χ0) is 8.55. The van der Waals surface area contributed by atoms with Gasteiger partial charge in [0.1, 0.15) is 4.32 Å². The molecule has 0 saturated carbocycles. The first-order valence-corrected chi connectivity index (χ1v) is 4.44. The van der Waals surface area contributed by atoms with Gasteiger partial charge in [0.25, 0.3) is 0 Å². The van der Waals surface area contributed by atoms with Gasteiger partial charge in [0.2, 0.25) is 0 Å². The first-order chi connectivity index (χ1) is 5.79. The van der Waals surface area contributed by atoms with Crippen molar-refractivity contribution in [2.45, 2.75) is 0 Å². The fourth-order valence-electron chi connectivity index (χ4n) is 1.25. The van der Waals surface area contributed by atoms with Crippen LogP contribution in [-0.4, -0.2) is 8.89 Å². The van der Waals surface area contributed by atoms with E-state index in [0.717, 1.165) is 5.52 Å². The first-order valence-electron chi connectivity index (χ1n) is 3.58. The third kappa shape index (κ3) is 1.15. The third-order valence-electron chi connectivity index (χ3n) is 1.81. The van der Waals surface area contributed by atoms with Crippen molar-refractivity contribution in [2.75, 3.05) is 0 Å². The molecule has 0 aliphatic rings. The normalized spacial score (nSPS) is 10.4. The van der Waals surface area contributed by atoms with Gasteiger partial charge < -0.3 is 4.57 Å². The van der Waals surface area contributed by atoms with Crippen LogP contribution in [0.5, 0.6) is 0 Å². The third-order valence-corrected chi connectivity index (χ3v) is 2.22. The van der Waals surface area contributed by atoms with Gasteiger partial charge in [0.15, 0.2) is 0 Å². The van der Waals surface area contributed by atoms with E-state index in [0.29, 0.717) is 4.32 Å². The summed E-state index contributed by atoms with van der Waals surface area (Å²) >= 11 is 9.09. The summed E-state index contributed by atoms with van der Waals surface area (Å²) in [5.41, 5.74) is 1.11. The van der Waals surface area contributed by atoms with Crippen molar-refractivity contribution in [3.05, 3.63) is 36.5 Å². The Balaban J connectivity index is 2.79. The Kier molecular flexibility index (Phi) is 1.90. The zero-order valence-electron chi connectivity index (χ0n) is 6.27. The van der Waals surface area contributed by atoms with Gasteiger partial charge in [-0.05, 0) is 17.5 Å². The van der Waals surface area contributed by atoms with Gasteiger partial charge >= 0.3 is 0 Å². The molecule has 0 amide bonds. The number of nitrogens with zero attached hydrogens (tertiary/aromatic N) is 1. The van der Waals surface area contributed by atoms with Crippen LogP contribution in [0.1, 0.15) is 0 Å². The second-order valence-corrected chi connectivity index (χ2v) is 3.64. The lowest BCUT2D eigenvalue weighted by molar-refractivity contribution is 1.28. The molecule has 1 heterocycles. The highest BCUT2D eigenvalue weighted by Crippen LogP contribution is 2.15. The minimum atomic E-state index is 0.580. The molecule has 1 aromatic heterocycles. The fraction of sp³-hybridized carbons (Fsp3) is 0. The number of thiocarbonyl (C=S) groups is 1. The summed E-state index contributed by atoms with van der Waals surface area (Å²) in [6.07, 6.45) is 1.93. The minimum Gasteiger partial charge on any atom is -0.302 e. The van der Waals surface area contributed by atoms with Crippen molar-refractivity contribution in [3.63, 3.8) is 0 Å². The summed E-state index contributed by atoms with van der Waals surface area (Å²) < 4.78 is 2.46. The van der Waals surface area contributed by atoms with Gasteiger partial charge in [-0.2, -0.15) is 0 Å². The molecule has 0 fully saturated rings. The highest BCUT2D eigenvalue weighted by atomic mass is 32.1. The Hall–Kier alpha value is -0.800. The Labute approximate surface area is 81.4 Å². The minimum absolute atomic E-state index is 0.580. The van der Waals surface area contributed by atoms with E-state index in [9.17, 15) is 0 Å². The van der Waals surface area contributed by atoms with E-state index in [1.807, 2.05) is 35.0 Å². The van der Waals surface area contributed by atoms with Crippen LogP contribution >= 0.6 is 24.8 Å². The molecular weight excluding hydrogens is 186 g/mol. The summed E-state index contributed by atoms with van der Waals surface area (Å²) in [6, 6.07) is 10.1. The topological polar surface area (TPSA) is 4.93 Å². The predicted octanol–water partition coefficient (Wildman–Crippen LogP) is 2.70. The number of para-hydroxylation sites is 1. The number of aromatic nitrogens is 1. The maximum absolute atomic E-state index is 4.97. The molecule has 1 aromatic carbocycles. The van der Waals surface area contributed by atoms with Gasteiger partial charge in [0.05, 0.1) is 5.52 Å². The second-order valence-electron chi connectivity index (χ2n) is 2.53. The molecule has 0 aliphatic carbocycles. The summed E-state index contributed by atoms with van der Waals surface area (Å²) in [7, 11) is 0. The fourth-order valence-corrected chi connectivity index (χ4v) is 1.58. The van der Waals surface area contributed by atoms with Crippen LogP contribution in [0, 0.1) is 0 Å². The lowest BCUT2D eigenvalue weighted by atomic mass is 10.2. The van der Waals surface area contributed by atoms with Crippen molar-refractivity contribution in [2.24, 2.45) is 0 Å². The van der Waals surface area contributed by atoms with Gasteiger partial charge in [-0.25, -0.2) is 0 Å². The Morgan fingerprint density at radius 2 is 2.00 bits per heavy atom. The van der Waals surface area contributed by atoms with Crippen molar-refractivity contribution in [3.8, 4) is 0 Å². The van der Waals surface area contributed by atoms with E-state index in [4.69, 9.17) is 12.2 Å². The van der Waals surface area contributed by atoms with Gasteiger partial charge in [-0.1, -0.05) is 30.4 Å². The molecule has 1 nitrogen and oxygen atoms in total. The number of hydrogen-bond acceptors (Lipinski definition) is 1. The largest absolute Gasteiger partial charge is 0.302 e. The highest BCUT2D eigenvalue weighted by molar-refractivity contribution is 8.11. The maximum Gasteiger partial charge on any atom is 0.141 e. The molecule has 0 atom stereocenters. The molecule has 0 N–H and O–H groups in total. The molecule has 0 saturated heterocycles. The molecule has 2 aromatic rings. The molecule has 2 rings (SSSR count). The van der Waals surface area contributed by atoms with E-state index in [-0.39, 0.29) is 0 Å². The van der Waals surface area contributed by atoms with E-state index < -0.39 is 0 Å². The van der Waals surface area contributed by atoms with E-state index in [2.05, 4.69) is 18.7 Å². The lowest BCUT2D eigenvalue weighted by Crippen LogP contribution is -1.97. The summed E-state index contributed by atoms with van der Waals surface area (Å²) in [5, 5.41) is 1.19. The lowest BCUT2D eigenvalue weighted by Gasteiger charge is -1.99. The number of thiol groups is 1. The SMILES string of the molecule is S=C(S)n1ccc2ccccc21. The first kappa shape index (κ1) is 7.83. The monoisotopic (exact) mass is 193 g/mol. The van der Waals surface area contributed by atoms with Crippen LogP contribution < -0.4 is 0 Å². The molecule has 12 heavy (non-hydrogen) atoms. The van der Waals surface area contributed by atoms with Crippen molar-refractivity contribution in [1.82, 2.24) is 4.57 Å². The number of rotatable bonds is 0. The quantitative estimate of drug-likeness (QED) is 0.498. The Morgan fingerprint density at radius 1 is 1.25 bits per heavy atom. The average Bonchev–Trinajstić information content (AvgIpc) is 2.47. The summed E-state index contributed by atoms with van der Waals surface area (Å²) in [5.74, 6) is 0. The number of benzene rings is 1. The molecular formula is C9H7NS2. The predicted molar refractivity (Wildman–Crippen MR) is 58.9 cm³/mol. The van der Waals surface area contributed by atoms with E-state index in [1.165, 1.54) is 5.39 Å². The summed E-state index contributed by atoms with van der Waals surface area (Å²) in [6.45, 7) is 0. The standard InChI is InChI=1S/C9H7NS2/c11-9(12)10-6-5-7-3-1-2-4-8(7)10/h1-6H,(H,11,12). The molecule has 0 unspecified atom stereocenters. The average molecular weight is 193 g/mol. The van der Waals surface area contributed by atoms with Crippen LogP contribution in [0.15, 0.2) is 36.5 Å². The van der Waals surface area contributed by atoms with Crippen molar-refractivity contribution in [1.29, 1.82) is 0 Å². The summed E-state index contributed by atoms with van der Waals surface area (Å²) in [4.78, 5) is 0. The smallest absolute Gasteiger partial charge is 0.141 e. The maximum atomic E-state index is 4.97. The molecule has 0 spiro atoms. The van der Waals surface area contributed by atoms with E-state index >= 15 is 0 Å². The Morgan fingerprint density at radius 3 is 2.75 bits per heavy atom. The van der Waals surface area contributed by atoms with Crippen molar-refractivity contribution >= 4 is 40.1 Å². The molecule has 0 bridgehead atoms. The second kappa shape index (κ2) is 2.92. The van der Waals surface area contributed by atoms with Crippen LogP contribution in [0.25, 0.3) is 10.9 Å². The van der Waals surface area contributed by atoms with Gasteiger partial charge in [-0.3, -0.25) is 0 Å². The zero-order valence-corrected chi connectivity index (χ0v) is 7.98. The number of hydrogen-bond donors (Lipinski definition) is 1. The van der Waals surface area contributed by atoms with Crippen LogP contribution in [-0.2, 0) is 0 Å². The molecule has 0 aliphatic heterocycles. The van der Waals surface area contributed by atoms with Gasteiger partial charge in [-0.15, -0.1) is 12.6 Å². The molecule has 0 radical (unpaired) electrons.